The Morgan fingerprint density at radius 1 is 1.40 bits per heavy atom. The van der Waals surface area contributed by atoms with Gasteiger partial charge in [-0.05, 0) is 6.07 Å². The highest BCUT2D eigenvalue weighted by Gasteiger charge is 2.27. The van der Waals surface area contributed by atoms with E-state index in [2.05, 4.69) is 27.3 Å². The first-order valence-electron chi connectivity index (χ1n) is 4.71. The summed E-state index contributed by atoms with van der Waals surface area (Å²) >= 11 is 5.29. The molecule has 1 amide bonds. The fraction of sp³-hybridized carbons (Fsp3) is 0.182. The van der Waals surface area contributed by atoms with Crippen LogP contribution in [0.2, 0.25) is 0 Å². The molecule has 0 spiro atoms. The van der Waals surface area contributed by atoms with Gasteiger partial charge in [-0.2, -0.15) is 0 Å². The molecular formula is C11H8BrNOS. The van der Waals surface area contributed by atoms with Gasteiger partial charge in [-0.15, -0.1) is 11.3 Å². The van der Waals surface area contributed by atoms with Crippen LogP contribution in [0, 0.1) is 0 Å². The first-order valence-corrected chi connectivity index (χ1v) is 6.44. The third-order valence-electron chi connectivity index (χ3n) is 2.58. The summed E-state index contributed by atoms with van der Waals surface area (Å²) in [5.41, 5.74) is 0.851. The van der Waals surface area contributed by atoms with Crippen LogP contribution in [-0.4, -0.2) is 12.5 Å². The first-order chi connectivity index (χ1) is 7.27. The molecule has 0 fully saturated rings. The minimum Gasteiger partial charge on any atom is -0.350 e. The van der Waals surface area contributed by atoms with E-state index in [0.717, 1.165) is 15.8 Å². The Morgan fingerprint density at radius 2 is 2.20 bits per heavy atom. The fourth-order valence-corrected chi connectivity index (χ4v) is 3.73. The molecule has 76 valence electrons. The summed E-state index contributed by atoms with van der Waals surface area (Å²) < 4.78 is 1.18. The second-order valence-corrected chi connectivity index (χ2v) is 5.70. The van der Waals surface area contributed by atoms with Crippen molar-refractivity contribution in [2.75, 3.05) is 6.54 Å². The Labute approximate surface area is 99.4 Å². The lowest BCUT2D eigenvalue weighted by Gasteiger charge is -2.17. The number of thiophene rings is 1. The van der Waals surface area contributed by atoms with Gasteiger partial charge in [-0.1, -0.05) is 34.1 Å². The van der Waals surface area contributed by atoms with Crippen molar-refractivity contribution in [1.82, 2.24) is 5.32 Å². The first kappa shape index (κ1) is 9.36. The molecule has 0 saturated heterocycles. The average Bonchev–Trinajstić information content (AvgIpc) is 2.64. The van der Waals surface area contributed by atoms with Crippen molar-refractivity contribution in [3.05, 3.63) is 34.7 Å². The second kappa shape index (κ2) is 3.32. The van der Waals surface area contributed by atoms with Crippen LogP contribution < -0.4 is 5.32 Å². The molecule has 1 atom stereocenters. The Bertz CT molecular complexity index is 549. The number of nitrogens with one attached hydrogen (secondary N) is 1. The van der Waals surface area contributed by atoms with Crippen molar-refractivity contribution in [3.8, 4) is 0 Å². The standard InChI is InChI=1S/C11H8BrNOS/c12-7-5-13-11(14)9-6-3-1-2-4-8(6)15-10(7)9/h1-4,7H,5H2,(H,13,14). The molecule has 15 heavy (non-hydrogen) atoms. The van der Waals surface area contributed by atoms with Crippen molar-refractivity contribution in [2.45, 2.75) is 4.83 Å². The Balaban J connectivity index is 2.39. The molecule has 1 unspecified atom stereocenters. The quantitative estimate of drug-likeness (QED) is 0.739. The molecule has 1 aromatic carbocycles. The number of halogens is 1. The van der Waals surface area contributed by atoms with E-state index in [0.29, 0.717) is 6.54 Å². The van der Waals surface area contributed by atoms with Gasteiger partial charge in [0.1, 0.15) is 0 Å². The lowest BCUT2D eigenvalue weighted by atomic mass is 10.1. The maximum Gasteiger partial charge on any atom is 0.253 e. The maximum absolute atomic E-state index is 11.8. The molecule has 0 saturated carbocycles. The van der Waals surface area contributed by atoms with Crippen LogP contribution >= 0.6 is 27.3 Å². The molecule has 2 heterocycles. The second-order valence-electron chi connectivity index (χ2n) is 3.52. The summed E-state index contributed by atoms with van der Waals surface area (Å²) in [6.45, 7) is 0.679. The average molecular weight is 282 g/mol. The lowest BCUT2D eigenvalue weighted by molar-refractivity contribution is 0.0948. The van der Waals surface area contributed by atoms with Crippen molar-refractivity contribution in [1.29, 1.82) is 0 Å². The molecule has 2 nitrogen and oxygen atoms in total. The topological polar surface area (TPSA) is 29.1 Å². The number of hydrogen-bond donors (Lipinski definition) is 1. The zero-order chi connectivity index (χ0) is 10.4. The van der Waals surface area contributed by atoms with Gasteiger partial charge in [0.2, 0.25) is 0 Å². The van der Waals surface area contributed by atoms with E-state index in [1.54, 1.807) is 11.3 Å². The van der Waals surface area contributed by atoms with Crippen LogP contribution in [0.4, 0.5) is 0 Å². The smallest absolute Gasteiger partial charge is 0.253 e. The Morgan fingerprint density at radius 3 is 3.07 bits per heavy atom. The van der Waals surface area contributed by atoms with Gasteiger partial charge >= 0.3 is 0 Å². The Kier molecular flexibility index (Phi) is 2.07. The van der Waals surface area contributed by atoms with Gasteiger partial charge < -0.3 is 5.32 Å². The van der Waals surface area contributed by atoms with Crippen molar-refractivity contribution >= 4 is 43.3 Å². The number of carbonyl (C=O) groups excluding carboxylic acids is 1. The van der Waals surface area contributed by atoms with Crippen LogP contribution in [0.5, 0.6) is 0 Å². The van der Waals surface area contributed by atoms with Crippen LogP contribution in [-0.2, 0) is 0 Å². The predicted molar refractivity (Wildman–Crippen MR) is 65.8 cm³/mol. The van der Waals surface area contributed by atoms with Crippen LogP contribution in [0.25, 0.3) is 10.1 Å². The third-order valence-corrected chi connectivity index (χ3v) is 4.95. The number of carbonyl (C=O) groups is 1. The minimum absolute atomic E-state index is 0.0538. The predicted octanol–water partition coefficient (Wildman–Crippen LogP) is 3.08. The molecule has 3 rings (SSSR count). The van der Waals surface area contributed by atoms with Crippen LogP contribution in [0.15, 0.2) is 24.3 Å². The summed E-state index contributed by atoms with van der Waals surface area (Å²) in [7, 11) is 0. The molecule has 2 aromatic rings. The fourth-order valence-electron chi connectivity index (χ4n) is 1.88. The van der Waals surface area contributed by atoms with Gasteiger partial charge in [-0.3, -0.25) is 4.79 Å². The molecule has 4 heteroatoms. The van der Waals surface area contributed by atoms with Crippen molar-refractivity contribution in [3.63, 3.8) is 0 Å². The van der Waals surface area contributed by atoms with E-state index in [1.165, 1.54) is 4.70 Å². The molecule has 0 bridgehead atoms. The van der Waals surface area contributed by atoms with Gasteiger partial charge in [0.15, 0.2) is 0 Å². The lowest BCUT2D eigenvalue weighted by Crippen LogP contribution is -2.31. The number of rotatable bonds is 0. The molecule has 1 aromatic heterocycles. The molecule has 1 aliphatic heterocycles. The number of amides is 1. The molecule has 1 aliphatic rings. The van der Waals surface area contributed by atoms with E-state index in [9.17, 15) is 4.79 Å². The van der Waals surface area contributed by atoms with Gasteiger partial charge in [0, 0.05) is 21.5 Å². The Hall–Kier alpha value is -0.870. The summed E-state index contributed by atoms with van der Waals surface area (Å²) in [5.74, 6) is 0.0538. The molecule has 1 N–H and O–H groups in total. The summed E-state index contributed by atoms with van der Waals surface area (Å²) in [6, 6.07) is 8.05. The molecule has 0 aliphatic carbocycles. The van der Waals surface area contributed by atoms with E-state index in [4.69, 9.17) is 0 Å². The minimum atomic E-state index is 0.0538. The van der Waals surface area contributed by atoms with Gasteiger partial charge in [0.05, 0.1) is 10.4 Å². The third kappa shape index (κ3) is 1.32. The van der Waals surface area contributed by atoms with E-state index >= 15 is 0 Å². The monoisotopic (exact) mass is 281 g/mol. The van der Waals surface area contributed by atoms with Gasteiger partial charge in [0.25, 0.3) is 5.91 Å². The highest BCUT2D eigenvalue weighted by molar-refractivity contribution is 9.09. The number of hydrogen-bond acceptors (Lipinski definition) is 2. The van der Waals surface area contributed by atoms with Crippen molar-refractivity contribution in [2.24, 2.45) is 0 Å². The SMILES string of the molecule is O=C1NCC(Br)c2sc3ccccc3c21. The van der Waals surface area contributed by atoms with Crippen LogP contribution in [0.1, 0.15) is 20.1 Å². The van der Waals surface area contributed by atoms with E-state index < -0.39 is 0 Å². The highest BCUT2D eigenvalue weighted by atomic mass is 79.9. The maximum atomic E-state index is 11.8. The van der Waals surface area contributed by atoms with E-state index in [1.807, 2.05) is 18.2 Å². The number of alkyl halides is 1. The summed E-state index contributed by atoms with van der Waals surface area (Å²) in [5, 5.41) is 3.96. The van der Waals surface area contributed by atoms with Crippen molar-refractivity contribution < 1.29 is 4.79 Å². The molecule has 0 radical (unpaired) electrons. The zero-order valence-corrected chi connectivity index (χ0v) is 10.2. The summed E-state index contributed by atoms with van der Waals surface area (Å²) in [6.07, 6.45) is 0. The molecular weight excluding hydrogens is 274 g/mol. The number of benzene rings is 1. The summed E-state index contributed by atoms with van der Waals surface area (Å²) in [4.78, 5) is 13.2. The zero-order valence-electron chi connectivity index (χ0n) is 7.79. The normalized spacial score (nSPS) is 20.1. The van der Waals surface area contributed by atoms with E-state index in [-0.39, 0.29) is 10.7 Å². The largest absolute Gasteiger partial charge is 0.350 e. The highest BCUT2D eigenvalue weighted by Crippen LogP contribution is 2.40. The van der Waals surface area contributed by atoms with Gasteiger partial charge in [-0.25, -0.2) is 0 Å². The number of fused-ring (bicyclic) bond motifs is 3. The van der Waals surface area contributed by atoms with Crippen LogP contribution in [0.3, 0.4) is 0 Å².